The third-order valence-electron chi connectivity index (χ3n) is 2.28. The molecule has 0 heterocycles. The van der Waals surface area contributed by atoms with Crippen molar-refractivity contribution in [2.45, 2.75) is 13.1 Å². The van der Waals surface area contributed by atoms with Crippen LogP contribution < -0.4 is 5.32 Å². The summed E-state index contributed by atoms with van der Waals surface area (Å²) in [5.74, 6) is -1.20. The third-order valence-corrected chi connectivity index (χ3v) is 2.80. The van der Waals surface area contributed by atoms with Gasteiger partial charge in [0.15, 0.2) is 5.71 Å². The molecule has 2 N–H and O–H groups in total. The van der Waals surface area contributed by atoms with Crippen LogP contribution in [0.25, 0.3) is 0 Å². The van der Waals surface area contributed by atoms with Gasteiger partial charge in [-0.1, -0.05) is 15.9 Å². The first-order valence-corrected chi connectivity index (χ1v) is 6.60. The minimum Gasteiger partial charge on any atom is -0.462 e. The smallest absolute Gasteiger partial charge is 0.433 e. The Kier molecular flexibility index (Phi) is 5.95. The van der Waals surface area contributed by atoms with Crippen molar-refractivity contribution in [2.24, 2.45) is 0 Å². The molecule has 0 aliphatic heterocycles. The first-order chi connectivity index (χ1) is 9.75. The zero-order valence-corrected chi connectivity index (χ0v) is 12.5. The van der Waals surface area contributed by atoms with Gasteiger partial charge in [0.25, 0.3) is 0 Å². The standard InChI is InChI=1S/C13H12BrF3N2O2/c1-2-21-12(20)10(11(18)13(15,16)17)7-19-9-5-3-8(14)4-6-9/h3-7,18-19H,2H2,1H3/b10-7+,18-11?. The molecule has 0 saturated carbocycles. The Morgan fingerprint density at radius 1 is 1.38 bits per heavy atom. The van der Waals surface area contributed by atoms with Crippen molar-refractivity contribution in [1.82, 2.24) is 0 Å². The van der Waals surface area contributed by atoms with Crippen LogP contribution in [-0.4, -0.2) is 24.5 Å². The predicted molar refractivity (Wildman–Crippen MR) is 76.3 cm³/mol. The van der Waals surface area contributed by atoms with Crippen LogP contribution in [0.1, 0.15) is 6.92 Å². The van der Waals surface area contributed by atoms with Gasteiger partial charge in [-0.05, 0) is 31.2 Å². The highest BCUT2D eigenvalue weighted by molar-refractivity contribution is 9.10. The normalized spacial score (nSPS) is 12.0. The molecule has 0 atom stereocenters. The Labute approximate surface area is 127 Å². The number of hydrogen-bond acceptors (Lipinski definition) is 4. The lowest BCUT2D eigenvalue weighted by atomic mass is 10.1. The van der Waals surface area contributed by atoms with E-state index in [9.17, 15) is 18.0 Å². The topological polar surface area (TPSA) is 62.2 Å². The number of nitrogens with one attached hydrogen (secondary N) is 2. The highest BCUT2D eigenvalue weighted by atomic mass is 79.9. The first-order valence-electron chi connectivity index (χ1n) is 5.81. The number of carbonyl (C=O) groups is 1. The van der Waals surface area contributed by atoms with Crippen molar-refractivity contribution >= 4 is 33.3 Å². The van der Waals surface area contributed by atoms with Crippen LogP contribution >= 0.6 is 15.9 Å². The Morgan fingerprint density at radius 3 is 2.43 bits per heavy atom. The Morgan fingerprint density at radius 2 is 1.95 bits per heavy atom. The number of halogens is 4. The van der Waals surface area contributed by atoms with Gasteiger partial charge in [0, 0.05) is 16.4 Å². The van der Waals surface area contributed by atoms with Crippen LogP contribution in [0, 0.1) is 5.41 Å². The van der Waals surface area contributed by atoms with Crippen LogP contribution in [0.4, 0.5) is 18.9 Å². The fraction of sp³-hybridized carbons (Fsp3) is 0.231. The number of benzene rings is 1. The molecule has 0 aliphatic carbocycles. The Hall–Kier alpha value is -1.83. The van der Waals surface area contributed by atoms with Crippen molar-refractivity contribution < 1.29 is 22.7 Å². The van der Waals surface area contributed by atoms with Gasteiger partial charge in [0.05, 0.1) is 6.61 Å². The first kappa shape index (κ1) is 17.2. The van der Waals surface area contributed by atoms with Crippen LogP contribution in [0.5, 0.6) is 0 Å². The molecule has 0 aromatic heterocycles. The summed E-state index contributed by atoms with van der Waals surface area (Å²) in [6.45, 7) is 1.38. The summed E-state index contributed by atoms with van der Waals surface area (Å²) >= 11 is 3.22. The molecule has 1 rings (SSSR count). The summed E-state index contributed by atoms with van der Waals surface area (Å²) < 4.78 is 43.0. The van der Waals surface area contributed by atoms with Gasteiger partial charge in [0.1, 0.15) is 5.57 Å². The number of alkyl halides is 3. The number of rotatable bonds is 5. The monoisotopic (exact) mass is 364 g/mol. The Bertz CT molecular complexity index is 554. The molecule has 8 heteroatoms. The zero-order valence-electron chi connectivity index (χ0n) is 10.9. The molecule has 21 heavy (non-hydrogen) atoms. The van der Waals surface area contributed by atoms with Crippen molar-refractivity contribution in [3.63, 3.8) is 0 Å². The molecule has 0 aliphatic rings. The molecule has 0 fully saturated rings. The molecule has 114 valence electrons. The summed E-state index contributed by atoms with van der Waals surface area (Å²) in [4.78, 5) is 11.5. The molecule has 1 aromatic carbocycles. The number of hydrogen-bond donors (Lipinski definition) is 2. The summed E-state index contributed by atoms with van der Waals surface area (Å²) in [7, 11) is 0. The van der Waals surface area contributed by atoms with Crippen LogP contribution in [-0.2, 0) is 9.53 Å². The van der Waals surface area contributed by atoms with Gasteiger partial charge in [-0.15, -0.1) is 0 Å². The maximum Gasteiger partial charge on any atom is 0.433 e. The van der Waals surface area contributed by atoms with Gasteiger partial charge in [-0.2, -0.15) is 13.2 Å². The molecule has 0 amide bonds. The molecule has 0 spiro atoms. The molecule has 1 aromatic rings. The van der Waals surface area contributed by atoms with Crippen molar-refractivity contribution in [1.29, 1.82) is 5.41 Å². The second-order valence-electron chi connectivity index (χ2n) is 3.80. The average Bonchev–Trinajstić information content (AvgIpc) is 2.40. The van der Waals surface area contributed by atoms with E-state index >= 15 is 0 Å². The molecule has 0 saturated heterocycles. The quantitative estimate of drug-likeness (QED) is 0.473. The minimum absolute atomic E-state index is 0.0837. The lowest BCUT2D eigenvalue weighted by Crippen LogP contribution is -2.29. The highest BCUT2D eigenvalue weighted by Gasteiger charge is 2.39. The maximum atomic E-state index is 12.6. The fourth-order valence-corrected chi connectivity index (χ4v) is 1.56. The van der Waals surface area contributed by atoms with Gasteiger partial charge in [0.2, 0.25) is 0 Å². The van der Waals surface area contributed by atoms with Crippen LogP contribution in [0.3, 0.4) is 0 Å². The van der Waals surface area contributed by atoms with E-state index in [1.807, 2.05) is 0 Å². The van der Waals surface area contributed by atoms with Gasteiger partial charge in [-0.25, -0.2) is 4.79 Å². The molecular weight excluding hydrogens is 353 g/mol. The van der Waals surface area contributed by atoms with Crippen LogP contribution in [0.2, 0.25) is 0 Å². The van der Waals surface area contributed by atoms with E-state index in [1.165, 1.54) is 6.92 Å². The molecule has 4 nitrogen and oxygen atoms in total. The second kappa shape index (κ2) is 7.26. The summed E-state index contributed by atoms with van der Waals surface area (Å²) in [6.07, 6.45) is -4.11. The van der Waals surface area contributed by atoms with E-state index in [4.69, 9.17) is 5.41 Å². The van der Waals surface area contributed by atoms with Gasteiger partial charge >= 0.3 is 12.1 Å². The summed E-state index contributed by atoms with van der Waals surface area (Å²) in [6, 6.07) is 6.55. The SMILES string of the molecule is CCOC(=O)/C(=C/Nc1ccc(Br)cc1)C(=N)C(F)(F)F. The highest BCUT2D eigenvalue weighted by Crippen LogP contribution is 2.22. The summed E-state index contributed by atoms with van der Waals surface area (Å²) in [5, 5.41) is 9.60. The molecule has 0 radical (unpaired) electrons. The predicted octanol–water partition coefficient (Wildman–Crippen LogP) is 3.89. The fourth-order valence-electron chi connectivity index (χ4n) is 1.30. The zero-order chi connectivity index (χ0) is 16.0. The van der Waals surface area contributed by atoms with Crippen molar-refractivity contribution in [3.05, 3.63) is 40.5 Å². The maximum absolute atomic E-state index is 12.6. The van der Waals surface area contributed by atoms with E-state index in [0.29, 0.717) is 5.69 Å². The number of esters is 1. The Balaban J connectivity index is 3.00. The lowest BCUT2D eigenvalue weighted by molar-refractivity contribution is -0.138. The lowest BCUT2D eigenvalue weighted by Gasteiger charge is -2.12. The molecular formula is C13H12BrF3N2O2. The largest absolute Gasteiger partial charge is 0.462 e. The van der Waals surface area contributed by atoms with Crippen LogP contribution in [0.15, 0.2) is 40.5 Å². The molecule has 0 bridgehead atoms. The van der Waals surface area contributed by atoms with E-state index in [-0.39, 0.29) is 6.61 Å². The van der Waals surface area contributed by atoms with E-state index < -0.39 is 23.4 Å². The van der Waals surface area contributed by atoms with E-state index in [1.54, 1.807) is 24.3 Å². The third kappa shape index (κ3) is 5.22. The number of ether oxygens (including phenoxy) is 1. The van der Waals surface area contributed by atoms with Gasteiger partial charge in [-0.3, -0.25) is 5.41 Å². The molecule has 0 unspecified atom stereocenters. The summed E-state index contributed by atoms with van der Waals surface area (Å²) in [5.41, 5.74) is -2.17. The second-order valence-corrected chi connectivity index (χ2v) is 4.72. The van der Waals surface area contributed by atoms with Crippen molar-refractivity contribution in [2.75, 3.05) is 11.9 Å². The minimum atomic E-state index is -4.93. The van der Waals surface area contributed by atoms with Crippen molar-refractivity contribution in [3.8, 4) is 0 Å². The van der Waals surface area contributed by atoms with Gasteiger partial charge < -0.3 is 10.1 Å². The average molecular weight is 365 g/mol. The number of carbonyl (C=O) groups excluding carboxylic acids is 1. The van der Waals surface area contributed by atoms with E-state index in [0.717, 1.165) is 10.7 Å². The number of anilines is 1. The van der Waals surface area contributed by atoms with E-state index in [2.05, 4.69) is 26.0 Å².